The first kappa shape index (κ1) is 13.3. The summed E-state index contributed by atoms with van der Waals surface area (Å²) in [5, 5.41) is 3.03. The average molecular weight is 260 g/mol. The topological polar surface area (TPSA) is 44.3 Å². The van der Waals surface area contributed by atoms with Crippen LogP contribution in [0.1, 0.15) is 18.9 Å². The highest BCUT2D eigenvalue weighted by Crippen LogP contribution is 2.22. The largest absolute Gasteiger partial charge is 0.363 e. The van der Waals surface area contributed by atoms with Gasteiger partial charge in [0.25, 0.3) is 5.56 Å². The molecule has 1 aromatic rings. The van der Waals surface area contributed by atoms with Gasteiger partial charge in [-0.15, -0.1) is 0 Å². The van der Waals surface area contributed by atoms with E-state index in [9.17, 15) is 4.79 Å². The minimum atomic E-state index is -0.0397. The first-order valence-corrected chi connectivity index (χ1v) is 6.24. The number of hydrogen-bond acceptors (Lipinski definition) is 3. The standard InChI is InChI=1S/C14H20N4O/c1-10-6-7-11(17(10)4)8-9-12-13(16(2)3)15-18(5)14(12)19/h6,9,15H,7H2,1-5H3. The predicted octanol–water partition coefficient (Wildman–Crippen LogP) is 1.51. The van der Waals surface area contributed by atoms with Gasteiger partial charge in [0.05, 0.1) is 11.3 Å². The van der Waals surface area contributed by atoms with Gasteiger partial charge >= 0.3 is 0 Å². The number of rotatable bonds is 2. The van der Waals surface area contributed by atoms with Gasteiger partial charge < -0.3 is 9.80 Å². The van der Waals surface area contributed by atoms with Gasteiger partial charge in [0, 0.05) is 40.3 Å². The summed E-state index contributed by atoms with van der Waals surface area (Å²) in [4.78, 5) is 16.0. The van der Waals surface area contributed by atoms with Crippen LogP contribution in [0, 0.1) is 0 Å². The highest BCUT2D eigenvalue weighted by molar-refractivity contribution is 5.63. The molecule has 2 rings (SSSR count). The zero-order valence-electron chi connectivity index (χ0n) is 12.1. The Morgan fingerprint density at radius 2 is 2.11 bits per heavy atom. The van der Waals surface area contributed by atoms with Crippen LogP contribution in [-0.4, -0.2) is 35.8 Å². The molecule has 0 aliphatic carbocycles. The Hall–Kier alpha value is -2.13. The summed E-state index contributed by atoms with van der Waals surface area (Å²) >= 11 is 0. The lowest BCUT2D eigenvalue weighted by atomic mass is 10.2. The quantitative estimate of drug-likeness (QED) is 0.820. The third-order valence-corrected chi connectivity index (χ3v) is 3.42. The number of anilines is 1. The molecule has 1 aliphatic rings. The summed E-state index contributed by atoms with van der Waals surface area (Å²) in [6, 6.07) is 0. The number of H-pyrrole nitrogens is 1. The van der Waals surface area contributed by atoms with E-state index in [1.54, 1.807) is 13.1 Å². The number of allylic oxidation sites excluding steroid dienone is 2. The smallest absolute Gasteiger partial charge is 0.276 e. The Morgan fingerprint density at radius 3 is 2.63 bits per heavy atom. The number of aromatic nitrogens is 2. The fourth-order valence-corrected chi connectivity index (χ4v) is 2.07. The van der Waals surface area contributed by atoms with Gasteiger partial charge in [0.2, 0.25) is 0 Å². The van der Waals surface area contributed by atoms with Crippen molar-refractivity contribution in [3.63, 3.8) is 0 Å². The van der Waals surface area contributed by atoms with Crippen molar-refractivity contribution in [2.75, 3.05) is 26.0 Å². The van der Waals surface area contributed by atoms with E-state index >= 15 is 0 Å². The number of aryl methyl sites for hydroxylation is 1. The lowest BCUT2D eigenvalue weighted by molar-refractivity contribution is 0.542. The maximum atomic E-state index is 12.0. The zero-order chi connectivity index (χ0) is 14.2. The van der Waals surface area contributed by atoms with Crippen molar-refractivity contribution in [2.45, 2.75) is 13.3 Å². The number of hydrogen-bond donors (Lipinski definition) is 1. The van der Waals surface area contributed by atoms with Crippen molar-refractivity contribution >= 4 is 11.9 Å². The van der Waals surface area contributed by atoms with Gasteiger partial charge in [-0.1, -0.05) is 11.8 Å². The van der Waals surface area contributed by atoms with Crippen molar-refractivity contribution in [1.29, 1.82) is 0 Å². The minimum absolute atomic E-state index is 0.0397. The third-order valence-electron chi connectivity index (χ3n) is 3.42. The van der Waals surface area contributed by atoms with Crippen molar-refractivity contribution in [1.82, 2.24) is 14.7 Å². The average Bonchev–Trinajstić information content (AvgIpc) is 2.82. The van der Waals surface area contributed by atoms with Crippen LogP contribution in [0.2, 0.25) is 0 Å². The molecule has 5 heteroatoms. The second kappa shape index (κ2) is 4.86. The second-order valence-electron chi connectivity index (χ2n) is 4.98. The molecule has 0 saturated carbocycles. The molecule has 0 aromatic carbocycles. The highest BCUT2D eigenvalue weighted by atomic mass is 16.1. The van der Waals surface area contributed by atoms with Crippen molar-refractivity contribution in [3.05, 3.63) is 39.1 Å². The van der Waals surface area contributed by atoms with Crippen LogP contribution >= 0.6 is 0 Å². The maximum absolute atomic E-state index is 12.0. The van der Waals surface area contributed by atoms with Crippen LogP contribution in [0.25, 0.3) is 6.08 Å². The molecule has 2 heterocycles. The second-order valence-corrected chi connectivity index (χ2v) is 4.98. The fraction of sp³-hybridized carbons (Fsp3) is 0.429. The Balaban J connectivity index is 2.45. The van der Waals surface area contributed by atoms with Crippen LogP contribution in [0.3, 0.4) is 0 Å². The Morgan fingerprint density at radius 1 is 1.42 bits per heavy atom. The molecule has 0 fully saturated rings. The molecule has 0 saturated heterocycles. The normalized spacial score (nSPS) is 14.5. The molecular formula is C14H20N4O. The van der Waals surface area contributed by atoms with Gasteiger partial charge in [-0.3, -0.25) is 14.6 Å². The summed E-state index contributed by atoms with van der Waals surface area (Å²) in [5.74, 6) is 0.797. The SMILES string of the molecule is CC1=CCC(=C=Cc2c(N(C)C)[nH]n(C)c2=O)N1C. The fourth-order valence-electron chi connectivity index (χ4n) is 2.07. The summed E-state index contributed by atoms with van der Waals surface area (Å²) in [6.45, 7) is 2.06. The molecule has 0 atom stereocenters. The molecule has 0 amide bonds. The molecule has 1 aromatic heterocycles. The van der Waals surface area contributed by atoms with E-state index in [1.165, 1.54) is 10.4 Å². The van der Waals surface area contributed by atoms with Crippen LogP contribution < -0.4 is 10.5 Å². The van der Waals surface area contributed by atoms with E-state index < -0.39 is 0 Å². The molecule has 19 heavy (non-hydrogen) atoms. The molecule has 0 radical (unpaired) electrons. The summed E-state index contributed by atoms with van der Waals surface area (Å²) in [6.07, 6.45) is 4.78. The Kier molecular flexibility index (Phi) is 3.40. The van der Waals surface area contributed by atoms with Gasteiger partial charge in [-0.25, -0.2) is 0 Å². The summed E-state index contributed by atoms with van der Waals surface area (Å²) < 4.78 is 1.48. The van der Waals surface area contributed by atoms with Crippen molar-refractivity contribution < 1.29 is 0 Å². The molecule has 0 spiro atoms. The van der Waals surface area contributed by atoms with Gasteiger partial charge in [0.1, 0.15) is 5.82 Å². The third kappa shape index (κ3) is 2.37. The molecule has 0 unspecified atom stereocenters. The van der Waals surface area contributed by atoms with E-state index in [0.717, 1.165) is 17.9 Å². The minimum Gasteiger partial charge on any atom is -0.363 e. The lowest BCUT2D eigenvalue weighted by Gasteiger charge is -2.13. The van der Waals surface area contributed by atoms with Crippen LogP contribution in [0.4, 0.5) is 5.82 Å². The Labute approximate surface area is 113 Å². The summed E-state index contributed by atoms with van der Waals surface area (Å²) in [7, 11) is 7.54. The van der Waals surface area contributed by atoms with E-state index in [-0.39, 0.29) is 5.56 Å². The van der Waals surface area contributed by atoms with Gasteiger partial charge in [-0.05, 0) is 13.0 Å². The lowest BCUT2D eigenvalue weighted by Crippen LogP contribution is -2.13. The van der Waals surface area contributed by atoms with E-state index in [4.69, 9.17) is 0 Å². The molecule has 1 aliphatic heterocycles. The number of aromatic amines is 1. The molecular weight excluding hydrogens is 240 g/mol. The summed E-state index contributed by atoms with van der Waals surface area (Å²) in [5.41, 5.74) is 6.12. The number of nitrogens with one attached hydrogen (secondary N) is 1. The first-order chi connectivity index (χ1) is 8.91. The van der Waals surface area contributed by atoms with E-state index in [1.807, 2.05) is 26.0 Å². The van der Waals surface area contributed by atoms with Crippen molar-refractivity contribution in [3.8, 4) is 0 Å². The molecule has 102 valence electrons. The first-order valence-electron chi connectivity index (χ1n) is 6.24. The molecule has 0 bridgehead atoms. The van der Waals surface area contributed by atoms with Crippen LogP contribution in [-0.2, 0) is 7.05 Å². The van der Waals surface area contributed by atoms with E-state index in [2.05, 4.69) is 28.7 Å². The predicted molar refractivity (Wildman–Crippen MR) is 78.0 cm³/mol. The van der Waals surface area contributed by atoms with E-state index in [0.29, 0.717) is 5.56 Å². The van der Waals surface area contributed by atoms with Gasteiger partial charge in [0.15, 0.2) is 0 Å². The number of nitrogens with zero attached hydrogens (tertiary/aromatic N) is 3. The highest BCUT2D eigenvalue weighted by Gasteiger charge is 2.13. The maximum Gasteiger partial charge on any atom is 0.276 e. The Bertz CT molecular complexity index is 639. The zero-order valence-corrected chi connectivity index (χ0v) is 12.1. The molecule has 5 nitrogen and oxygen atoms in total. The monoisotopic (exact) mass is 260 g/mol. The molecule has 1 N–H and O–H groups in total. The van der Waals surface area contributed by atoms with Crippen LogP contribution in [0.5, 0.6) is 0 Å². The van der Waals surface area contributed by atoms with Crippen molar-refractivity contribution in [2.24, 2.45) is 7.05 Å². The van der Waals surface area contributed by atoms with Gasteiger partial charge in [-0.2, -0.15) is 0 Å². The van der Waals surface area contributed by atoms with Crippen LogP contribution in [0.15, 0.2) is 28.0 Å².